The van der Waals surface area contributed by atoms with Crippen LogP contribution < -0.4 is 19.5 Å². The van der Waals surface area contributed by atoms with Crippen LogP contribution in [-0.2, 0) is 10.0 Å². The number of halogens is 1. The topological polar surface area (TPSA) is 93.7 Å². The number of carbonyl (C=O) groups is 1. The number of hydrogen-bond acceptors (Lipinski definition) is 5. The molecule has 2 aromatic rings. The van der Waals surface area contributed by atoms with Crippen LogP contribution in [0.5, 0.6) is 11.5 Å². The molecule has 2 rings (SSSR count). The summed E-state index contributed by atoms with van der Waals surface area (Å²) in [4.78, 5) is 12.8. The minimum Gasteiger partial charge on any atom is -0.493 e. The molecule has 0 heterocycles. The third kappa shape index (κ3) is 6.19. The number of amides is 1. The van der Waals surface area contributed by atoms with E-state index in [0.29, 0.717) is 33.8 Å². The SMILES string of the molecule is CCOc1c(Br)cc(C(=O)Nc2cccc(S(=O)(=O)NC(C)(C)C)c2)cc1OC. The first-order valence-electron chi connectivity index (χ1n) is 8.92. The van der Waals surface area contributed by atoms with Gasteiger partial charge in [0, 0.05) is 16.8 Å². The summed E-state index contributed by atoms with van der Waals surface area (Å²) in [6.45, 7) is 7.57. The Bertz CT molecular complexity index is 1000. The van der Waals surface area contributed by atoms with Gasteiger partial charge in [-0.25, -0.2) is 13.1 Å². The van der Waals surface area contributed by atoms with Crippen molar-refractivity contribution < 1.29 is 22.7 Å². The lowest BCUT2D eigenvalue weighted by Gasteiger charge is -2.20. The number of sulfonamides is 1. The van der Waals surface area contributed by atoms with E-state index in [9.17, 15) is 13.2 Å². The monoisotopic (exact) mass is 484 g/mol. The molecule has 0 aliphatic carbocycles. The van der Waals surface area contributed by atoms with Crippen molar-refractivity contribution in [2.75, 3.05) is 19.0 Å². The van der Waals surface area contributed by atoms with Gasteiger partial charge in [-0.15, -0.1) is 0 Å². The first kappa shape index (κ1) is 23.2. The Morgan fingerprint density at radius 3 is 2.45 bits per heavy atom. The van der Waals surface area contributed by atoms with Crippen molar-refractivity contribution in [2.24, 2.45) is 0 Å². The summed E-state index contributed by atoms with van der Waals surface area (Å²) in [5.41, 5.74) is 0.0671. The van der Waals surface area contributed by atoms with Gasteiger partial charge in [0.15, 0.2) is 11.5 Å². The number of nitrogens with one attached hydrogen (secondary N) is 2. The third-order valence-corrected chi connectivity index (χ3v) is 5.97. The van der Waals surface area contributed by atoms with E-state index < -0.39 is 21.5 Å². The standard InChI is InChI=1S/C20H25BrN2O5S/c1-6-28-18-16(21)10-13(11-17(18)27-5)19(24)22-14-8-7-9-15(12-14)29(25,26)23-20(2,3)4/h7-12,23H,6H2,1-5H3,(H,22,24). The van der Waals surface area contributed by atoms with E-state index in [-0.39, 0.29) is 4.90 Å². The van der Waals surface area contributed by atoms with Crippen LogP contribution in [0.2, 0.25) is 0 Å². The van der Waals surface area contributed by atoms with Gasteiger partial charge < -0.3 is 14.8 Å². The molecule has 0 unspecified atom stereocenters. The van der Waals surface area contributed by atoms with Gasteiger partial charge in [-0.2, -0.15) is 0 Å². The van der Waals surface area contributed by atoms with Gasteiger partial charge in [0.05, 0.1) is 23.1 Å². The molecular formula is C20H25BrN2O5S. The maximum atomic E-state index is 12.7. The van der Waals surface area contributed by atoms with Gasteiger partial charge >= 0.3 is 0 Å². The van der Waals surface area contributed by atoms with Crippen molar-refractivity contribution in [1.82, 2.24) is 4.72 Å². The summed E-state index contributed by atoms with van der Waals surface area (Å²) < 4.78 is 39.0. The van der Waals surface area contributed by atoms with Crippen molar-refractivity contribution in [3.05, 3.63) is 46.4 Å². The first-order chi connectivity index (χ1) is 13.5. The highest BCUT2D eigenvalue weighted by atomic mass is 79.9. The van der Waals surface area contributed by atoms with E-state index in [1.165, 1.54) is 19.2 Å². The molecule has 0 bridgehead atoms. The first-order valence-corrected chi connectivity index (χ1v) is 11.2. The molecule has 2 aromatic carbocycles. The fraction of sp³-hybridized carbons (Fsp3) is 0.350. The lowest BCUT2D eigenvalue weighted by molar-refractivity contribution is 0.102. The van der Waals surface area contributed by atoms with Crippen LogP contribution in [-0.4, -0.2) is 33.6 Å². The highest BCUT2D eigenvalue weighted by molar-refractivity contribution is 9.10. The average molecular weight is 485 g/mol. The molecular weight excluding hydrogens is 460 g/mol. The number of methoxy groups -OCH3 is 1. The largest absolute Gasteiger partial charge is 0.493 e. The summed E-state index contributed by atoms with van der Waals surface area (Å²) in [5, 5.41) is 2.72. The minimum absolute atomic E-state index is 0.0654. The smallest absolute Gasteiger partial charge is 0.255 e. The van der Waals surface area contributed by atoms with Crippen molar-refractivity contribution in [3.63, 3.8) is 0 Å². The van der Waals surface area contributed by atoms with Gasteiger partial charge in [0.25, 0.3) is 5.91 Å². The molecule has 158 valence electrons. The number of anilines is 1. The highest BCUT2D eigenvalue weighted by Gasteiger charge is 2.22. The Morgan fingerprint density at radius 2 is 1.86 bits per heavy atom. The molecule has 0 atom stereocenters. The summed E-state index contributed by atoms with van der Waals surface area (Å²) in [7, 11) is -2.23. The normalized spacial score (nSPS) is 11.8. The maximum absolute atomic E-state index is 12.7. The second-order valence-electron chi connectivity index (χ2n) is 7.26. The quantitative estimate of drug-likeness (QED) is 0.614. The molecule has 9 heteroatoms. The fourth-order valence-electron chi connectivity index (χ4n) is 2.54. The van der Waals surface area contributed by atoms with E-state index >= 15 is 0 Å². The maximum Gasteiger partial charge on any atom is 0.255 e. The van der Waals surface area contributed by atoms with E-state index in [4.69, 9.17) is 9.47 Å². The van der Waals surface area contributed by atoms with E-state index in [1.807, 2.05) is 6.92 Å². The molecule has 0 fully saturated rings. The molecule has 0 saturated carbocycles. The predicted molar refractivity (Wildman–Crippen MR) is 116 cm³/mol. The number of carbonyl (C=O) groups excluding carboxylic acids is 1. The van der Waals surface area contributed by atoms with Crippen LogP contribution in [0.4, 0.5) is 5.69 Å². The zero-order chi connectivity index (χ0) is 21.8. The van der Waals surface area contributed by atoms with E-state index in [0.717, 1.165) is 0 Å². The van der Waals surface area contributed by atoms with Gasteiger partial charge in [-0.05, 0) is 74.0 Å². The molecule has 0 radical (unpaired) electrons. The van der Waals surface area contributed by atoms with Gasteiger partial charge in [0.2, 0.25) is 10.0 Å². The Morgan fingerprint density at radius 1 is 1.17 bits per heavy atom. The van der Waals surface area contributed by atoms with Crippen molar-refractivity contribution in [3.8, 4) is 11.5 Å². The Labute approximate surface area is 180 Å². The summed E-state index contributed by atoms with van der Waals surface area (Å²) >= 11 is 3.39. The zero-order valence-corrected chi connectivity index (χ0v) is 19.4. The Balaban J connectivity index is 2.29. The molecule has 1 amide bonds. The lowest BCUT2D eigenvalue weighted by atomic mass is 10.1. The number of ether oxygens (including phenoxy) is 2. The molecule has 0 aliphatic rings. The summed E-state index contributed by atoms with van der Waals surface area (Å²) in [6, 6.07) is 9.25. The van der Waals surface area contributed by atoms with Crippen LogP contribution in [0.15, 0.2) is 45.8 Å². The van der Waals surface area contributed by atoms with Crippen LogP contribution in [0.25, 0.3) is 0 Å². The van der Waals surface area contributed by atoms with Crippen LogP contribution in [0.3, 0.4) is 0 Å². The van der Waals surface area contributed by atoms with Gasteiger partial charge in [-0.1, -0.05) is 6.07 Å². The predicted octanol–water partition coefficient (Wildman–Crippen LogP) is 4.19. The van der Waals surface area contributed by atoms with Crippen LogP contribution in [0, 0.1) is 0 Å². The Kier molecular flexibility index (Phi) is 7.31. The van der Waals surface area contributed by atoms with Gasteiger partial charge in [-0.3, -0.25) is 4.79 Å². The number of benzene rings is 2. The molecule has 0 aromatic heterocycles. The molecule has 7 nitrogen and oxygen atoms in total. The van der Waals surface area contributed by atoms with Crippen molar-refractivity contribution in [2.45, 2.75) is 38.1 Å². The fourth-order valence-corrected chi connectivity index (χ4v) is 4.56. The lowest BCUT2D eigenvalue weighted by Crippen LogP contribution is -2.40. The third-order valence-electron chi connectivity index (χ3n) is 3.62. The average Bonchev–Trinajstić information content (AvgIpc) is 2.61. The number of hydrogen-bond donors (Lipinski definition) is 2. The van der Waals surface area contributed by atoms with E-state index in [2.05, 4.69) is 26.0 Å². The molecule has 0 spiro atoms. The minimum atomic E-state index is -3.72. The molecule has 2 N–H and O–H groups in total. The highest BCUT2D eigenvalue weighted by Crippen LogP contribution is 2.36. The summed E-state index contributed by atoms with van der Waals surface area (Å²) in [6.07, 6.45) is 0. The van der Waals surface area contributed by atoms with Gasteiger partial charge in [0.1, 0.15) is 0 Å². The second-order valence-corrected chi connectivity index (χ2v) is 9.80. The van der Waals surface area contributed by atoms with Crippen LogP contribution in [0.1, 0.15) is 38.1 Å². The summed E-state index contributed by atoms with van der Waals surface area (Å²) in [5.74, 6) is 0.510. The Hall–Kier alpha value is -2.10. The van der Waals surface area contributed by atoms with Crippen molar-refractivity contribution >= 4 is 37.5 Å². The second kappa shape index (κ2) is 9.15. The number of rotatable bonds is 7. The van der Waals surface area contributed by atoms with Crippen LogP contribution >= 0.6 is 15.9 Å². The van der Waals surface area contributed by atoms with Crippen molar-refractivity contribution in [1.29, 1.82) is 0 Å². The zero-order valence-electron chi connectivity index (χ0n) is 17.0. The molecule has 29 heavy (non-hydrogen) atoms. The van der Waals surface area contributed by atoms with E-state index in [1.54, 1.807) is 45.0 Å². The molecule has 0 saturated heterocycles. The molecule has 0 aliphatic heterocycles.